The number of anilines is 2. The van der Waals surface area contributed by atoms with Crippen molar-refractivity contribution >= 4 is 23.1 Å². The van der Waals surface area contributed by atoms with E-state index in [0.29, 0.717) is 6.04 Å². The van der Waals surface area contributed by atoms with Crippen molar-refractivity contribution in [2.45, 2.75) is 25.6 Å². The molecule has 2 atom stereocenters. The molecular weight excluding hydrogens is 372 g/mol. The van der Waals surface area contributed by atoms with Gasteiger partial charge in [-0.25, -0.2) is 0 Å². The van der Waals surface area contributed by atoms with E-state index in [2.05, 4.69) is 52.8 Å². The standard InChI is InChI=1S/C25H24N4O/c1-17-15-26-24(29(17)16-18-8-4-2-5-9-18)20-12-13-21-22(14-20)28-25(30)23(27-21)19-10-6-3-7-11-19/h2-14,17,23,27H,15-16H2,1H3,(H,28,30)/t17-,23-/m0/s1. The van der Waals surface area contributed by atoms with Crippen LogP contribution in [0.25, 0.3) is 0 Å². The molecule has 0 saturated heterocycles. The van der Waals surface area contributed by atoms with Crippen LogP contribution in [0.2, 0.25) is 0 Å². The monoisotopic (exact) mass is 396 g/mol. The molecule has 0 spiro atoms. The first kappa shape index (κ1) is 18.4. The molecular formula is C25H24N4O. The number of fused-ring (bicyclic) bond motifs is 1. The molecule has 0 bridgehead atoms. The lowest BCUT2D eigenvalue weighted by Gasteiger charge is -2.29. The van der Waals surface area contributed by atoms with Gasteiger partial charge in [-0.1, -0.05) is 60.7 Å². The number of rotatable bonds is 4. The number of amides is 1. The third kappa shape index (κ3) is 3.43. The zero-order valence-corrected chi connectivity index (χ0v) is 16.9. The molecule has 30 heavy (non-hydrogen) atoms. The summed E-state index contributed by atoms with van der Waals surface area (Å²) in [6.45, 7) is 3.80. The quantitative estimate of drug-likeness (QED) is 0.685. The van der Waals surface area contributed by atoms with E-state index in [9.17, 15) is 4.79 Å². The smallest absolute Gasteiger partial charge is 0.251 e. The maximum absolute atomic E-state index is 12.7. The summed E-state index contributed by atoms with van der Waals surface area (Å²) in [4.78, 5) is 19.9. The van der Waals surface area contributed by atoms with Crippen LogP contribution in [0.15, 0.2) is 83.9 Å². The Hall–Kier alpha value is -3.60. The SMILES string of the molecule is C[C@H]1CN=C(c2ccc3c(c2)NC(=O)[C@H](c2ccccc2)N3)N1Cc1ccccc1. The Morgan fingerprint density at radius 2 is 1.70 bits per heavy atom. The van der Waals surface area contributed by atoms with Gasteiger partial charge in [0.2, 0.25) is 0 Å². The molecule has 3 aromatic rings. The summed E-state index contributed by atoms with van der Waals surface area (Å²) in [5, 5.41) is 6.45. The van der Waals surface area contributed by atoms with Crippen LogP contribution in [0, 0.1) is 0 Å². The highest BCUT2D eigenvalue weighted by atomic mass is 16.2. The number of carbonyl (C=O) groups is 1. The molecule has 0 aromatic heterocycles. The number of nitrogens with one attached hydrogen (secondary N) is 2. The highest BCUT2D eigenvalue weighted by molar-refractivity contribution is 6.07. The lowest BCUT2D eigenvalue weighted by atomic mass is 10.0. The van der Waals surface area contributed by atoms with Gasteiger partial charge in [-0.05, 0) is 36.2 Å². The number of hydrogen-bond acceptors (Lipinski definition) is 4. The number of benzene rings is 3. The Bertz CT molecular complexity index is 1090. The van der Waals surface area contributed by atoms with Crippen LogP contribution < -0.4 is 10.6 Å². The second-order valence-electron chi connectivity index (χ2n) is 7.86. The Morgan fingerprint density at radius 3 is 2.47 bits per heavy atom. The first-order chi connectivity index (χ1) is 14.7. The highest BCUT2D eigenvalue weighted by Crippen LogP contribution is 2.34. The molecule has 0 fully saturated rings. The third-order valence-corrected chi connectivity index (χ3v) is 5.74. The van der Waals surface area contributed by atoms with Gasteiger partial charge < -0.3 is 15.5 Å². The summed E-state index contributed by atoms with van der Waals surface area (Å²) in [6, 6.07) is 26.3. The summed E-state index contributed by atoms with van der Waals surface area (Å²) in [6.07, 6.45) is 0. The van der Waals surface area contributed by atoms with E-state index in [1.54, 1.807) is 0 Å². The van der Waals surface area contributed by atoms with Crippen molar-refractivity contribution in [1.29, 1.82) is 0 Å². The first-order valence-electron chi connectivity index (χ1n) is 10.3. The summed E-state index contributed by atoms with van der Waals surface area (Å²) >= 11 is 0. The Morgan fingerprint density at radius 1 is 0.967 bits per heavy atom. The normalized spacial score (nSPS) is 20.2. The maximum atomic E-state index is 12.7. The fourth-order valence-corrected chi connectivity index (χ4v) is 4.10. The minimum absolute atomic E-state index is 0.0475. The van der Waals surface area contributed by atoms with Gasteiger partial charge >= 0.3 is 0 Å². The van der Waals surface area contributed by atoms with E-state index in [0.717, 1.165) is 41.4 Å². The van der Waals surface area contributed by atoms with E-state index in [1.165, 1.54) is 5.56 Å². The summed E-state index contributed by atoms with van der Waals surface area (Å²) in [5.74, 6) is 0.933. The van der Waals surface area contributed by atoms with Crippen molar-refractivity contribution in [2.75, 3.05) is 17.2 Å². The molecule has 0 aliphatic carbocycles. The average molecular weight is 396 g/mol. The van der Waals surface area contributed by atoms with Gasteiger partial charge in [0.1, 0.15) is 11.9 Å². The van der Waals surface area contributed by atoms with Gasteiger partial charge in [0.25, 0.3) is 5.91 Å². The van der Waals surface area contributed by atoms with E-state index in [4.69, 9.17) is 4.99 Å². The highest BCUT2D eigenvalue weighted by Gasteiger charge is 2.29. The van der Waals surface area contributed by atoms with Crippen LogP contribution in [-0.4, -0.2) is 29.2 Å². The molecule has 5 heteroatoms. The second kappa shape index (κ2) is 7.67. The topological polar surface area (TPSA) is 56.7 Å². The molecule has 2 N–H and O–H groups in total. The van der Waals surface area contributed by atoms with E-state index >= 15 is 0 Å². The van der Waals surface area contributed by atoms with Gasteiger partial charge in [-0.2, -0.15) is 0 Å². The summed E-state index contributed by atoms with van der Waals surface area (Å²) < 4.78 is 0. The van der Waals surface area contributed by atoms with Crippen molar-refractivity contribution in [2.24, 2.45) is 4.99 Å². The zero-order valence-electron chi connectivity index (χ0n) is 16.9. The lowest BCUT2D eigenvalue weighted by molar-refractivity contribution is -0.117. The Labute approximate surface area is 176 Å². The molecule has 2 heterocycles. The van der Waals surface area contributed by atoms with Crippen molar-refractivity contribution in [3.63, 3.8) is 0 Å². The minimum atomic E-state index is -0.386. The molecule has 5 rings (SSSR count). The average Bonchev–Trinajstić information content (AvgIpc) is 3.14. The molecule has 5 nitrogen and oxygen atoms in total. The van der Waals surface area contributed by atoms with Crippen molar-refractivity contribution in [3.8, 4) is 0 Å². The third-order valence-electron chi connectivity index (χ3n) is 5.74. The number of carbonyl (C=O) groups excluding carboxylic acids is 1. The molecule has 150 valence electrons. The van der Waals surface area contributed by atoms with Gasteiger partial charge in [0.15, 0.2) is 0 Å². The Balaban J connectivity index is 1.41. The molecule has 2 aliphatic rings. The van der Waals surface area contributed by atoms with Gasteiger partial charge in [0.05, 0.1) is 17.9 Å². The van der Waals surface area contributed by atoms with Gasteiger partial charge in [-0.3, -0.25) is 9.79 Å². The number of hydrogen-bond donors (Lipinski definition) is 2. The molecule has 0 unspecified atom stereocenters. The van der Waals surface area contributed by atoms with Crippen LogP contribution in [0.3, 0.4) is 0 Å². The molecule has 1 amide bonds. The second-order valence-corrected chi connectivity index (χ2v) is 7.86. The molecule has 2 aliphatic heterocycles. The largest absolute Gasteiger partial charge is 0.368 e. The predicted molar refractivity (Wildman–Crippen MR) is 121 cm³/mol. The minimum Gasteiger partial charge on any atom is -0.368 e. The maximum Gasteiger partial charge on any atom is 0.251 e. The van der Waals surface area contributed by atoms with Crippen LogP contribution in [0.1, 0.15) is 29.7 Å². The van der Waals surface area contributed by atoms with Gasteiger partial charge in [-0.15, -0.1) is 0 Å². The van der Waals surface area contributed by atoms with E-state index < -0.39 is 0 Å². The Kier molecular flexibility index (Phi) is 4.71. The summed E-state index contributed by atoms with van der Waals surface area (Å²) in [7, 11) is 0. The van der Waals surface area contributed by atoms with Crippen LogP contribution in [-0.2, 0) is 11.3 Å². The number of nitrogens with zero attached hydrogens (tertiary/aromatic N) is 2. The first-order valence-corrected chi connectivity index (χ1v) is 10.3. The fraction of sp³-hybridized carbons (Fsp3) is 0.200. The van der Waals surface area contributed by atoms with E-state index in [-0.39, 0.29) is 11.9 Å². The lowest BCUT2D eigenvalue weighted by Crippen LogP contribution is -2.35. The van der Waals surface area contributed by atoms with Crippen molar-refractivity contribution < 1.29 is 4.79 Å². The van der Waals surface area contributed by atoms with Crippen molar-refractivity contribution in [3.05, 3.63) is 95.6 Å². The molecule has 3 aromatic carbocycles. The van der Waals surface area contributed by atoms with E-state index in [1.807, 2.05) is 48.5 Å². The zero-order chi connectivity index (χ0) is 20.5. The van der Waals surface area contributed by atoms with Crippen LogP contribution in [0.5, 0.6) is 0 Å². The van der Waals surface area contributed by atoms with Gasteiger partial charge in [0, 0.05) is 18.2 Å². The predicted octanol–water partition coefficient (Wildman–Crippen LogP) is 4.44. The van der Waals surface area contributed by atoms with Crippen LogP contribution >= 0.6 is 0 Å². The fourth-order valence-electron chi connectivity index (χ4n) is 4.10. The number of amidine groups is 1. The summed E-state index contributed by atoms with van der Waals surface area (Å²) in [5.41, 5.74) is 4.96. The number of aliphatic imine (C=N–C) groups is 1. The molecule has 0 radical (unpaired) electrons. The van der Waals surface area contributed by atoms with Crippen LogP contribution in [0.4, 0.5) is 11.4 Å². The molecule has 0 saturated carbocycles. The van der Waals surface area contributed by atoms with Crippen molar-refractivity contribution in [1.82, 2.24) is 4.90 Å².